The molecule has 1 fully saturated rings. The lowest BCUT2D eigenvalue weighted by Crippen LogP contribution is -2.43. The summed E-state index contributed by atoms with van der Waals surface area (Å²) in [4.78, 5) is 15.9. The first-order valence-corrected chi connectivity index (χ1v) is 8.45. The lowest BCUT2D eigenvalue weighted by molar-refractivity contribution is 0.0719. The number of hydrogen-bond donors (Lipinski definition) is 1. The summed E-state index contributed by atoms with van der Waals surface area (Å²) in [5.41, 5.74) is 5.69. The van der Waals surface area contributed by atoms with Gasteiger partial charge in [0, 0.05) is 10.7 Å². The molecule has 0 spiro atoms. The van der Waals surface area contributed by atoms with Crippen molar-refractivity contribution < 1.29 is 4.79 Å². The summed E-state index contributed by atoms with van der Waals surface area (Å²) in [6.07, 6.45) is 4.47. The molecule has 2 aromatic rings. The van der Waals surface area contributed by atoms with Gasteiger partial charge in [-0.15, -0.1) is 11.3 Å². The Labute approximate surface area is 133 Å². The third kappa shape index (κ3) is 3.09. The Bertz CT molecular complexity index is 641. The molecule has 5 heteroatoms. The van der Waals surface area contributed by atoms with E-state index in [1.165, 1.54) is 12.8 Å². The highest BCUT2D eigenvalue weighted by molar-refractivity contribution is 7.80. The highest BCUT2D eigenvalue weighted by atomic mass is 32.1. The Hall–Kier alpha value is -1.46. The minimum atomic E-state index is 0.0656. The van der Waals surface area contributed by atoms with Crippen LogP contribution in [0.1, 0.15) is 35.4 Å². The number of amides is 1. The lowest BCUT2D eigenvalue weighted by Gasteiger charge is -2.28. The molecule has 1 heterocycles. The van der Waals surface area contributed by atoms with Crippen molar-refractivity contribution >= 4 is 44.5 Å². The first-order valence-electron chi connectivity index (χ1n) is 7.23. The molecule has 1 aromatic carbocycles. The number of fused-ring (bicyclic) bond motifs is 1. The second-order valence-corrected chi connectivity index (χ2v) is 7.09. The van der Waals surface area contributed by atoms with Crippen molar-refractivity contribution in [3.63, 3.8) is 0 Å². The third-order valence-electron chi connectivity index (χ3n) is 3.99. The number of nitrogens with zero attached hydrogens (tertiary/aromatic N) is 1. The van der Waals surface area contributed by atoms with Crippen LogP contribution in [0.4, 0.5) is 0 Å². The van der Waals surface area contributed by atoms with Gasteiger partial charge in [0.1, 0.15) is 0 Å². The summed E-state index contributed by atoms with van der Waals surface area (Å²) in [6, 6.07) is 10.3. The van der Waals surface area contributed by atoms with Gasteiger partial charge in [-0.3, -0.25) is 4.79 Å². The van der Waals surface area contributed by atoms with Gasteiger partial charge in [0.05, 0.1) is 16.4 Å². The van der Waals surface area contributed by atoms with Crippen LogP contribution in [-0.4, -0.2) is 28.4 Å². The van der Waals surface area contributed by atoms with Gasteiger partial charge in [-0.1, -0.05) is 43.3 Å². The Kier molecular flexibility index (Phi) is 4.22. The van der Waals surface area contributed by atoms with Gasteiger partial charge in [-0.2, -0.15) is 0 Å². The highest BCUT2D eigenvalue weighted by Gasteiger charge is 2.28. The molecule has 0 bridgehead atoms. The number of hydrogen-bond acceptors (Lipinski definition) is 3. The summed E-state index contributed by atoms with van der Waals surface area (Å²) in [6.45, 7) is 0.382. The summed E-state index contributed by atoms with van der Waals surface area (Å²) in [7, 11) is 0. The number of carbonyl (C=O) groups excluding carboxylic acids is 1. The van der Waals surface area contributed by atoms with Gasteiger partial charge < -0.3 is 10.6 Å². The van der Waals surface area contributed by atoms with Crippen LogP contribution in [0, 0.1) is 0 Å². The Balaban J connectivity index is 1.90. The predicted molar refractivity (Wildman–Crippen MR) is 91.9 cm³/mol. The maximum atomic E-state index is 12.9. The van der Waals surface area contributed by atoms with Crippen LogP contribution in [0.25, 0.3) is 10.1 Å². The Morgan fingerprint density at radius 2 is 2.05 bits per heavy atom. The molecule has 3 nitrogen and oxygen atoms in total. The van der Waals surface area contributed by atoms with Crippen molar-refractivity contribution in [2.75, 3.05) is 6.54 Å². The summed E-state index contributed by atoms with van der Waals surface area (Å²) >= 11 is 6.57. The molecular formula is C16H18N2OS2. The zero-order valence-electron chi connectivity index (χ0n) is 11.7. The van der Waals surface area contributed by atoms with Crippen LogP contribution < -0.4 is 5.73 Å². The van der Waals surface area contributed by atoms with Crippen LogP contribution in [0.3, 0.4) is 0 Å². The molecule has 2 N–H and O–H groups in total. The fraction of sp³-hybridized carbons (Fsp3) is 0.375. The maximum absolute atomic E-state index is 12.9. The highest BCUT2D eigenvalue weighted by Crippen LogP contribution is 2.29. The van der Waals surface area contributed by atoms with E-state index in [-0.39, 0.29) is 11.9 Å². The Morgan fingerprint density at radius 1 is 1.33 bits per heavy atom. The van der Waals surface area contributed by atoms with Gasteiger partial charge in [0.2, 0.25) is 0 Å². The quantitative estimate of drug-likeness (QED) is 0.877. The van der Waals surface area contributed by atoms with E-state index < -0.39 is 0 Å². The first kappa shape index (κ1) is 14.5. The average molecular weight is 318 g/mol. The number of thiophene rings is 1. The van der Waals surface area contributed by atoms with Gasteiger partial charge in [0.15, 0.2) is 0 Å². The number of thiocarbonyl (C=S) groups is 1. The van der Waals surface area contributed by atoms with Gasteiger partial charge in [-0.25, -0.2) is 0 Å². The average Bonchev–Trinajstić information content (AvgIpc) is 3.12. The van der Waals surface area contributed by atoms with E-state index in [9.17, 15) is 4.79 Å². The Morgan fingerprint density at radius 3 is 2.71 bits per heavy atom. The van der Waals surface area contributed by atoms with E-state index in [1.54, 1.807) is 11.3 Å². The van der Waals surface area contributed by atoms with Crippen LogP contribution >= 0.6 is 23.6 Å². The van der Waals surface area contributed by atoms with Crippen molar-refractivity contribution in [3.8, 4) is 0 Å². The molecule has 1 aromatic heterocycles. The lowest BCUT2D eigenvalue weighted by atomic mass is 10.2. The molecule has 1 aliphatic carbocycles. The van der Waals surface area contributed by atoms with E-state index in [0.717, 1.165) is 27.8 Å². The molecule has 21 heavy (non-hydrogen) atoms. The van der Waals surface area contributed by atoms with Crippen molar-refractivity contribution in [3.05, 3.63) is 35.2 Å². The van der Waals surface area contributed by atoms with E-state index >= 15 is 0 Å². The smallest absolute Gasteiger partial charge is 0.264 e. The van der Waals surface area contributed by atoms with Gasteiger partial charge in [-0.05, 0) is 30.4 Å². The zero-order valence-corrected chi connectivity index (χ0v) is 13.4. The van der Waals surface area contributed by atoms with Gasteiger partial charge in [0.25, 0.3) is 5.91 Å². The monoisotopic (exact) mass is 318 g/mol. The molecule has 3 rings (SSSR count). The first-order chi connectivity index (χ1) is 10.1. The third-order valence-corrected chi connectivity index (χ3v) is 5.22. The number of nitrogens with two attached hydrogens (primary N) is 1. The van der Waals surface area contributed by atoms with E-state index in [0.29, 0.717) is 11.5 Å². The standard InChI is InChI=1S/C16H18N2OS2/c17-15(20)10-18(12-6-2-3-7-12)16(19)14-9-11-5-1-4-8-13(11)21-14/h1,4-5,8-9,12H,2-3,6-7,10H2,(H2,17,20). The molecule has 0 atom stereocenters. The van der Waals surface area contributed by atoms with E-state index in [2.05, 4.69) is 0 Å². The molecule has 1 saturated carbocycles. The van der Waals surface area contributed by atoms with E-state index in [4.69, 9.17) is 18.0 Å². The second kappa shape index (κ2) is 6.12. The minimum Gasteiger partial charge on any atom is -0.392 e. The fourth-order valence-corrected chi connectivity index (χ4v) is 4.14. The number of benzene rings is 1. The second-order valence-electron chi connectivity index (χ2n) is 5.49. The van der Waals surface area contributed by atoms with Crippen LogP contribution in [0.15, 0.2) is 30.3 Å². The van der Waals surface area contributed by atoms with Crippen molar-refractivity contribution in [2.24, 2.45) is 5.73 Å². The maximum Gasteiger partial charge on any atom is 0.264 e. The summed E-state index contributed by atoms with van der Waals surface area (Å²) < 4.78 is 1.14. The van der Waals surface area contributed by atoms with Crippen molar-refractivity contribution in [2.45, 2.75) is 31.7 Å². The minimum absolute atomic E-state index is 0.0656. The molecule has 0 unspecified atom stereocenters. The molecule has 0 saturated heterocycles. The van der Waals surface area contributed by atoms with Gasteiger partial charge >= 0.3 is 0 Å². The fourth-order valence-electron chi connectivity index (χ4n) is 2.98. The predicted octanol–water partition coefficient (Wildman–Crippen LogP) is 3.57. The largest absolute Gasteiger partial charge is 0.392 e. The zero-order chi connectivity index (χ0) is 14.8. The van der Waals surface area contributed by atoms with Crippen molar-refractivity contribution in [1.82, 2.24) is 4.90 Å². The molecule has 110 valence electrons. The number of rotatable bonds is 4. The normalized spacial score (nSPS) is 15.4. The summed E-state index contributed by atoms with van der Waals surface area (Å²) in [5, 5.41) is 1.12. The van der Waals surface area contributed by atoms with Crippen LogP contribution in [-0.2, 0) is 0 Å². The van der Waals surface area contributed by atoms with Crippen LogP contribution in [0.2, 0.25) is 0 Å². The number of carbonyl (C=O) groups is 1. The topological polar surface area (TPSA) is 46.3 Å². The SMILES string of the molecule is NC(=S)CN(C(=O)c1cc2ccccc2s1)C1CCCC1. The van der Waals surface area contributed by atoms with Crippen LogP contribution in [0.5, 0.6) is 0 Å². The molecule has 1 amide bonds. The summed E-state index contributed by atoms with van der Waals surface area (Å²) in [5.74, 6) is 0.0656. The molecular weight excluding hydrogens is 300 g/mol. The molecule has 1 aliphatic rings. The van der Waals surface area contributed by atoms with E-state index in [1.807, 2.05) is 35.2 Å². The molecule has 0 aliphatic heterocycles. The van der Waals surface area contributed by atoms with Crippen molar-refractivity contribution in [1.29, 1.82) is 0 Å². The molecule has 0 radical (unpaired) electrons.